The molecule has 0 saturated carbocycles. The van der Waals surface area contributed by atoms with E-state index >= 15 is 0 Å². The number of methoxy groups -OCH3 is 1. The van der Waals surface area contributed by atoms with Crippen LogP contribution in [0.2, 0.25) is 46.3 Å². The Morgan fingerprint density at radius 3 is 1.20 bits per heavy atom. The van der Waals surface area contributed by atoms with Crippen LogP contribution in [0.3, 0.4) is 0 Å². The third-order valence-electron chi connectivity index (χ3n) is 19.5. The van der Waals surface area contributed by atoms with E-state index in [1.165, 1.54) is 7.11 Å². The van der Waals surface area contributed by atoms with Gasteiger partial charge in [-0.15, -0.1) is 6.58 Å². The first kappa shape index (κ1) is 102. The number of hydrogen-bond acceptors (Lipinski definition) is 19. The Hall–Kier alpha value is -6.03. The molecule has 6 N–H and O–H groups in total. The predicted molar refractivity (Wildman–Crippen MR) is 445 cm³/mol. The topological polar surface area (TPSA) is 310 Å². The van der Waals surface area contributed by atoms with Crippen molar-refractivity contribution in [2.75, 3.05) is 60.8 Å². The number of amides is 6. The molecule has 25 nitrogen and oxygen atoms in total. The fourth-order valence-electron chi connectivity index (χ4n) is 11.6. The molecule has 4 rings (SSSR count). The monoisotopic (exact) mass is 1620 g/mol. The van der Waals surface area contributed by atoms with E-state index in [1.54, 1.807) is 55.8 Å². The summed E-state index contributed by atoms with van der Waals surface area (Å²) in [7, 11) is -5.12. The summed E-state index contributed by atoms with van der Waals surface area (Å²) in [5.74, 6) is -2.64. The lowest BCUT2D eigenvalue weighted by atomic mass is 9.90. The third kappa shape index (κ3) is 34.3. The molecule has 10 atom stereocenters. The van der Waals surface area contributed by atoms with Gasteiger partial charge >= 0.3 is 47.5 Å². The van der Waals surface area contributed by atoms with Crippen molar-refractivity contribution in [1.29, 1.82) is 0 Å². The fraction of sp³-hybridized carbons (Fsp3) is 0.728. The van der Waals surface area contributed by atoms with Crippen LogP contribution in [0.1, 0.15) is 205 Å². The molecule has 0 radical (unpaired) electrons. The molecule has 6 amide bonds. The zero-order valence-corrected chi connectivity index (χ0v) is 77.3. The average molecular weight is 1620 g/mol. The summed E-state index contributed by atoms with van der Waals surface area (Å²) in [6, 6.07) is 18.6. The van der Waals surface area contributed by atoms with Crippen LogP contribution in [-0.4, -0.2) is 190 Å². The van der Waals surface area contributed by atoms with Crippen molar-refractivity contribution in [3.05, 3.63) is 73.3 Å². The van der Waals surface area contributed by atoms with Crippen molar-refractivity contribution in [2.24, 2.45) is 23.7 Å². The van der Waals surface area contributed by atoms with Gasteiger partial charge in [0.25, 0.3) is 0 Å². The first-order valence-corrected chi connectivity index (χ1v) is 48.1. The van der Waals surface area contributed by atoms with E-state index in [0.29, 0.717) is 58.3 Å². The maximum absolute atomic E-state index is 13.0. The third-order valence-corrected chi connectivity index (χ3v) is 37.0. The summed E-state index contributed by atoms with van der Waals surface area (Å²) < 4.78 is 65.2. The van der Waals surface area contributed by atoms with Crippen LogP contribution in [0.15, 0.2) is 73.3 Å². The summed E-state index contributed by atoms with van der Waals surface area (Å²) in [4.78, 5) is 95.6. The molecule has 2 aliphatic rings. The molecule has 0 spiro atoms. The molecule has 0 aliphatic carbocycles. The van der Waals surface area contributed by atoms with Gasteiger partial charge in [0, 0.05) is 87.9 Å². The van der Waals surface area contributed by atoms with E-state index in [-0.39, 0.29) is 69.1 Å². The van der Waals surface area contributed by atoms with Gasteiger partial charge in [-0.2, -0.15) is 0 Å². The van der Waals surface area contributed by atoms with E-state index in [0.717, 1.165) is 16.8 Å². The number of hydrogen-bond donors (Lipinski definition) is 6. The highest BCUT2D eigenvalue weighted by Gasteiger charge is 2.53. The van der Waals surface area contributed by atoms with Crippen LogP contribution >= 0.6 is 0 Å². The average Bonchev–Trinajstić information content (AvgIpc) is 0.777. The van der Waals surface area contributed by atoms with Gasteiger partial charge in [-0.05, 0) is 162 Å². The first-order valence-electron chi connectivity index (χ1n) is 38.6. The molecule has 2 aromatic rings. The van der Waals surface area contributed by atoms with Gasteiger partial charge in [-0.1, -0.05) is 157 Å². The molecule has 2 heterocycles. The van der Waals surface area contributed by atoms with Crippen LogP contribution in [0.4, 0.5) is 19.2 Å². The van der Waals surface area contributed by atoms with Crippen LogP contribution in [0.25, 0.3) is 0 Å². The molecule has 0 bridgehead atoms. The zero-order valence-electron chi connectivity index (χ0n) is 73.3. The molecule has 2 aliphatic heterocycles. The van der Waals surface area contributed by atoms with Gasteiger partial charge in [0.2, 0.25) is 11.8 Å². The van der Waals surface area contributed by atoms with E-state index in [4.69, 9.17) is 50.2 Å². The lowest BCUT2D eigenvalue weighted by Gasteiger charge is -2.41. The second-order valence-corrected chi connectivity index (χ2v) is 54.8. The van der Waals surface area contributed by atoms with Crippen LogP contribution in [-0.2, 0) is 69.4 Å². The fourth-order valence-corrected chi connectivity index (χ4v) is 20.6. The maximum atomic E-state index is 13.0. The molecule has 2 aromatic carbocycles. The first-order chi connectivity index (χ1) is 50.2. The van der Waals surface area contributed by atoms with E-state index in [9.17, 15) is 38.4 Å². The second-order valence-electron chi connectivity index (χ2n) is 37.2. The van der Waals surface area contributed by atoms with Crippen LogP contribution in [0.5, 0.6) is 0 Å². The zero-order chi connectivity index (χ0) is 85.1. The van der Waals surface area contributed by atoms with Crippen molar-refractivity contribution in [2.45, 2.75) is 298 Å². The van der Waals surface area contributed by atoms with Gasteiger partial charge in [0.15, 0.2) is 16.6 Å². The normalized spacial score (nSPS) is 18.9. The van der Waals surface area contributed by atoms with Gasteiger partial charge in [-0.3, -0.25) is 14.4 Å². The summed E-state index contributed by atoms with van der Waals surface area (Å²) in [5, 5.41) is 18.4. The standard InChI is InChI=1S/C29H53NO7Si2.C29H53NO5Si2.C12H22N2O3.C11H18N2O4/c1-27(2,3)37-26(32)30-24(23(25(31)33-10)21-36-38(12,13)28(4,5)6)19-20-35-39(34-11,29(7,8)9)22-17-15-14-16-18-22;1-14-23(22-34-36(12,13)28(5,6)7)25(30-26(31)35-27(2,3)4)20-21-33-37(32-11,29(8,9)10)24-18-16-15-17-19-24;1-5-8-9(6-7-13-10(8)15)14-11(16)17-12(2,3)4;1-11(2,3)17-10(16)13-8-4-5-12-9(15)7(8)6-14/h14-18,23-24H,19-21H2,1-13H3,(H,30,32);14-19,23,25H,1,20-22H2,2-13H3,(H,30,31);8-9H,5-7H2,1-4H3,(H,13,15)(H,14,16);6-8H,4-5H2,1-3H3,(H,12,15)(H,13,16)/t23-,24-,39?;23-,25+,37?;8-,9+;7-,8+/m1000/s1. The molecule has 2 saturated heterocycles. The Balaban J connectivity index is 0.000000782. The number of carbonyl (C=O) groups is 8. The number of esters is 1. The van der Waals surface area contributed by atoms with Crippen LogP contribution < -0.4 is 42.3 Å². The summed E-state index contributed by atoms with van der Waals surface area (Å²) in [5.41, 5.74) is -2.40. The number of alkyl carbamates (subject to hydrolysis) is 4. The van der Waals surface area contributed by atoms with Gasteiger partial charge in [0.05, 0.1) is 25.0 Å². The summed E-state index contributed by atoms with van der Waals surface area (Å²) >= 11 is 0. The minimum Gasteiger partial charge on any atom is -0.469 e. The van der Waals surface area contributed by atoms with Crippen molar-refractivity contribution in [3.63, 3.8) is 0 Å². The van der Waals surface area contributed by atoms with Crippen molar-refractivity contribution in [3.8, 4) is 0 Å². The van der Waals surface area contributed by atoms with Crippen LogP contribution in [0, 0.1) is 23.7 Å². The maximum Gasteiger partial charge on any atom is 0.407 e. The van der Waals surface area contributed by atoms with E-state index < -0.39 is 110 Å². The Kier molecular flexibility index (Phi) is 40.3. The minimum absolute atomic E-state index is 0.0137. The number of piperidine rings is 2. The number of ether oxygens (including phenoxy) is 5. The van der Waals surface area contributed by atoms with Crippen molar-refractivity contribution < 1.29 is 88.6 Å². The Morgan fingerprint density at radius 1 is 0.500 bits per heavy atom. The summed E-state index contributed by atoms with van der Waals surface area (Å²) in [6.07, 6.45) is 3.20. The van der Waals surface area contributed by atoms with Gasteiger partial charge in [-0.25, -0.2) is 19.2 Å². The highest BCUT2D eigenvalue weighted by Crippen LogP contribution is 2.41. The van der Waals surface area contributed by atoms with Gasteiger partial charge in [0.1, 0.15) is 34.6 Å². The smallest absolute Gasteiger partial charge is 0.407 e. The number of aldehydes is 1. The predicted octanol–water partition coefficient (Wildman–Crippen LogP) is 14.4. The number of carbonyl (C=O) groups excluding carboxylic acids is 8. The molecule has 2 unspecified atom stereocenters. The molecule has 630 valence electrons. The Labute approximate surface area is 665 Å². The molecule has 29 heteroatoms. The minimum atomic E-state index is -2.92. The largest absolute Gasteiger partial charge is 0.469 e. The SMILES string of the molecule is C=C[C@@H](CO[Si](C)(C)C(C)(C)C)[C@@H](CCO[Si](OC)(c1ccccc1)C(C)(C)C)NC(=O)OC(C)(C)C.CC(C)(C)OC(=O)N[C@@H]1CCNC(=O)[C@H]1C=O.CC[C@@H]1C(=O)NCC[C@H]1NC(=O)OC(C)(C)C.COC(=O)[C@H](CO[Si](C)(C)C(C)(C)C)[C@@H](CCO[Si](OC)(c1ccccc1)C(C)(C)C)NC(=O)OC(C)(C)C. The van der Waals surface area contributed by atoms with Crippen molar-refractivity contribution >= 4 is 92.6 Å². The van der Waals surface area contributed by atoms with Gasteiger partial charge < -0.3 is 86.9 Å². The second kappa shape index (κ2) is 43.5. The molecule has 0 aromatic heterocycles. The van der Waals surface area contributed by atoms with E-state index in [2.05, 4.69) is 160 Å². The highest BCUT2D eigenvalue weighted by atomic mass is 28.4. The molecular weight excluding hydrogens is 1470 g/mol. The number of benzene rings is 2. The van der Waals surface area contributed by atoms with E-state index in [1.807, 2.05) is 103 Å². The molecule has 2 fully saturated rings. The number of rotatable bonds is 28. The lowest BCUT2D eigenvalue weighted by molar-refractivity contribution is -0.148. The Bertz CT molecular complexity index is 3190. The Morgan fingerprint density at radius 2 is 0.855 bits per heavy atom. The lowest BCUT2D eigenvalue weighted by Crippen LogP contribution is -2.60. The quantitative estimate of drug-likeness (QED) is 0.0115. The summed E-state index contributed by atoms with van der Waals surface area (Å²) in [6.45, 7) is 64.6. The highest BCUT2D eigenvalue weighted by molar-refractivity contribution is 6.84. The number of nitrogens with one attached hydrogen (secondary N) is 6. The molecular formula is C81H146N6O19Si4. The molecule has 110 heavy (non-hydrogen) atoms. The van der Waals surface area contributed by atoms with Crippen molar-refractivity contribution in [1.82, 2.24) is 31.9 Å².